The van der Waals surface area contributed by atoms with Crippen molar-refractivity contribution < 1.29 is 14.4 Å². The van der Waals surface area contributed by atoms with E-state index in [4.69, 9.17) is 44.5 Å². The van der Waals surface area contributed by atoms with Crippen molar-refractivity contribution in [3.63, 3.8) is 0 Å². The molecule has 2 rings (SSSR count). The van der Waals surface area contributed by atoms with Crippen LogP contribution < -0.4 is 21.4 Å². The maximum atomic E-state index is 12.1. The number of carbonyl (C=O) groups excluding carboxylic acids is 1. The monoisotopic (exact) mass is 425 g/mol. The lowest BCUT2D eigenvalue weighted by Gasteiger charge is -2.23. The molecular formula is C18H21Cl2N5O3. The third-order valence-electron chi connectivity index (χ3n) is 3.81. The first kappa shape index (κ1) is 21.8. The van der Waals surface area contributed by atoms with Crippen LogP contribution in [0, 0.1) is 0 Å². The molecule has 0 bridgehead atoms. The van der Waals surface area contributed by atoms with Crippen molar-refractivity contribution in [1.29, 1.82) is 0 Å². The Kier molecular flexibility index (Phi) is 7.47. The van der Waals surface area contributed by atoms with Gasteiger partial charge in [-0.3, -0.25) is 5.01 Å². The molecule has 28 heavy (non-hydrogen) atoms. The molecule has 0 unspecified atom stereocenters. The molecule has 0 spiro atoms. The second kappa shape index (κ2) is 9.61. The fourth-order valence-electron chi connectivity index (χ4n) is 2.37. The molecule has 2 amide bonds. The van der Waals surface area contributed by atoms with Gasteiger partial charge >= 0.3 is 6.03 Å². The molecule has 0 radical (unpaired) electrons. The average molecular weight is 426 g/mol. The molecule has 0 aromatic heterocycles. The van der Waals surface area contributed by atoms with E-state index in [1.165, 1.54) is 14.2 Å². The van der Waals surface area contributed by atoms with Gasteiger partial charge in [0.15, 0.2) is 0 Å². The number of oxime groups is 1. The van der Waals surface area contributed by atoms with Gasteiger partial charge in [0, 0.05) is 23.2 Å². The lowest BCUT2D eigenvalue weighted by Crippen LogP contribution is -2.49. The number of nitrogens with two attached hydrogens (primary N) is 2. The molecule has 2 aromatic carbocycles. The van der Waals surface area contributed by atoms with E-state index in [9.17, 15) is 4.79 Å². The number of rotatable bonds is 6. The Bertz CT molecular complexity index is 890. The summed E-state index contributed by atoms with van der Waals surface area (Å²) in [6, 6.07) is 9.59. The van der Waals surface area contributed by atoms with E-state index in [0.717, 1.165) is 15.6 Å². The van der Waals surface area contributed by atoms with Crippen molar-refractivity contribution in [2.24, 2.45) is 16.8 Å². The normalized spacial score (nSPS) is 11.2. The number of hydrazine groups is 2. The Balaban J connectivity index is 2.26. The second-order valence-electron chi connectivity index (χ2n) is 5.79. The van der Waals surface area contributed by atoms with Crippen LogP contribution in [-0.2, 0) is 11.4 Å². The minimum atomic E-state index is -0.612. The van der Waals surface area contributed by atoms with Crippen molar-refractivity contribution in [2.45, 2.75) is 13.5 Å². The number of benzene rings is 2. The molecular weight excluding hydrogens is 405 g/mol. The minimum absolute atomic E-state index is 0.0362. The Labute approximate surface area is 173 Å². The Morgan fingerprint density at radius 1 is 1.18 bits per heavy atom. The molecule has 150 valence electrons. The van der Waals surface area contributed by atoms with Crippen LogP contribution in [-0.4, -0.2) is 30.9 Å². The summed E-state index contributed by atoms with van der Waals surface area (Å²) in [5.74, 6) is 11.8. The maximum Gasteiger partial charge on any atom is 0.352 e. The summed E-state index contributed by atoms with van der Waals surface area (Å²) >= 11 is 12.6. The Hall–Kier alpha value is -2.52. The highest BCUT2D eigenvalue weighted by atomic mass is 35.5. The van der Waals surface area contributed by atoms with Gasteiger partial charge in [-0.05, 0) is 37.3 Å². The summed E-state index contributed by atoms with van der Waals surface area (Å²) in [7, 11) is 2.86. The van der Waals surface area contributed by atoms with E-state index >= 15 is 0 Å². The highest BCUT2D eigenvalue weighted by molar-refractivity contribution is 6.32. The summed E-state index contributed by atoms with van der Waals surface area (Å²) < 4.78 is 5.80. The van der Waals surface area contributed by atoms with Gasteiger partial charge in [-0.15, -0.1) is 0 Å². The summed E-state index contributed by atoms with van der Waals surface area (Å²) in [6.07, 6.45) is 0. The van der Waals surface area contributed by atoms with E-state index in [2.05, 4.69) is 5.16 Å². The van der Waals surface area contributed by atoms with Crippen LogP contribution in [0.2, 0.25) is 10.0 Å². The zero-order valence-electron chi connectivity index (χ0n) is 15.6. The number of urea groups is 1. The minimum Gasteiger partial charge on any atom is -0.487 e. The van der Waals surface area contributed by atoms with Crippen LogP contribution in [0.3, 0.4) is 0 Å². The SMILES string of the molecule is CON=C(C)c1ccc(OCc2c(Cl)cccc2N(N)C(=O)N(C)N)c(Cl)c1. The van der Waals surface area contributed by atoms with Crippen LogP contribution in [0.1, 0.15) is 18.1 Å². The molecule has 0 aliphatic heterocycles. The van der Waals surface area contributed by atoms with Crippen LogP contribution in [0.25, 0.3) is 0 Å². The van der Waals surface area contributed by atoms with Crippen LogP contribution in [0.5, 0.6) is 5.75 Å². The molecule has 0 aliphatic rings. The van der Waals surface area contributed by atoms with E-state index < -0.39 is 6.03 Å². The predicted molar refractivity (Wildman–Crippen MR) is 110 cm³/mol. The van der Waals surface area contributed by atoms with Crippen molar-refractivity contribution >= 4 is 40.6 Å². The molecule has 0 saturated carbocycles. The van der Waals surface area contributed by atoms with Crippen molar-refractivity contribution in [3.05, 3.63) is 57.6 Å². The molecule has 0 saturated heterocycles. The van der Waals surface area contributed by atoms with E-state index in [-0.39, 0.29) is 6.61 Å². The number of carbonyl (C=O) groups is 1. The van der Waals surface area contributed by atoms with E-state index in [1.807, 2.05) is 0 Å². The molecule has 8 nitrogen and oxygen atoms in total. The van der Waals surface area contributed by atoms with Crippen molar-refractivity contribution in [2.75, 3.05) is 19.2 Å². The fraction of sp³-hybridized carbons (Fsp3) is 0.222. The number of hydrogen-bond donors (Lipinski definition) is 2. The first-order valence-corrected chi connectivity index (χ1v) is 8.87. The average Bonchev–Trinajstić information content (AvgIpc) is 2.66. The number of amides is 2. The van der Waals surface area contributed by atoms with Gasteiger partial charge in [-0.25, -0.2) is 21.5 Å². The van der Waals surface area contributed by atoms with Crippen LogP contribution in [0.15, 0.2) is 41.6 Å². The summed E-state index contributed by atoms with van der Waals surface area (Å²) in [6.45, 7) is 1.83. The number of hydrogen-bond acceptors (Lipinski definition) is 6. The largest absolute Gasteiger partial charge is 0.487 e. The summed E-state index contributed by atoms with van der Waals surface area (Å²) in [4.78, 5) is 16.8. The Morgan fingerprint density at radius 2 is 1.89 bits per heavy atom. The highest BCUT2D eigenvalue weighted by Crippen LogP contribution is 2.31. The predicted octanol–water partition coefficient (Wildman–Crippen LogP) is 3.55. The molecule has 10 heteroatoms. The number of nitrogens with zero attached hydrogens (tertiary/aromatic N) is 3. The quantitative estimate of drug-likeness (QED) is 0.318. The van der Waals surface area contributed by atoms with Gasteiger partial charge in [-0.1, -0.05) is 34.4 Å². The molecule has 2 aromatic rings. The fourth-order valence-corrected chi connectivity index (χ4v) is 2.83. The van der Waals surface area contributed by atoms with Crippen LogP contribution in [0.4, 0.5) is 10.5 Å². The lowest BCUT2D eigenvalue weighted by molar-refractivity contribution is 0.213. The number of ether oxygens (including phenoxy) is 1. The molecule has 0 aliphatic carbocycles. The first-order valence-electron chi connectivity index (χ1n) is 8.11. The van der Waals surface area contributed by atoms with Crippen LogP contribution >= 0.6 is 23.2 Å². The standard InChI is InChI=1S/C18H21Cl2N5O3/c1-11(23-27-3)12-7-8-17(15(20)9-12)28-10-13-14(19)5-4-6-16(13)25(22)18(26)24(2)21/h4-9H,10,21-22H2,1-3H3. The van der Waals surface area contributed by atoms with E-state index in [0.29, 0.717) is 32.8 Å². The van der Waals surface area contributed by atoms with Gasteiger partial charge < -0.3 is 9.57 Å². The highest BCUT2D eigenvalue weighted by Gasteiger charge is 2.20. The van der Waals surface area contributed by atoms with Crippen molar-refractivity contribution in [3.8, 4) is 5.75 Å². The smallest absolute Gasteiger partial charge is 0.352 e. The van der Waals surface area contributed by atoms with Gasteiger partial charge in [-0.2, -0.15) is 0 Å². The van der Waals surface area contributed by atoms with Gasteiger partial charge in [0.05, 0.1) is 16.4 Å². The zero-order chi connectivity index (χ0) is 20.8. The van der Waals surface area contributed by atoms with Gasteiger partial charge in [0.1, 0.15) is 19.5 Å². The third kappa shape index (κ3) is 5.05. The third-order valence-corrected chi connectivity index (χ3v) is 4.46. The number of halogens is 2. The lowest BCUT2D eigenvalue weighted by atomic mass is 10.1. The van der Waals surface area contributed by atoms with Gasteiger partial charge in [0.2, 0.25) is 0 Å². The molecule has 4 N–H and O–H groups in total. The summed E-state index contributed by atoms with van der Waals surface area (Å²) in [5.41, 5.74) is 2.35. The van der Waals surface area contributed by atoms with E-state index in [1.54, 1.807) is 43.3 Å². The Morgan fingerprint density at radius 3 is 2.50 bits per heavy atom. The summed E-state index contributed by atoms with van der Waals surface area (Å²) in [5, 5.41) is 6.41. The first-order chi connectivity index (χ1) is 13.3. The zero-order valence-corrected chi connectivity index (χ0v) is 17.2. The van der Waals surface area contributed by atoms with Crippen molar-refractivity contribution in [1.82, 2.24) is 5.01 Å². The number of anilines is 1. The van der Waals surface area contributed by atoms with Gasteiger partial charge in [0.25, 0.3) is 0 Å². The molecule has 0 fully saturated rings. The molecule has 0 heterocycles. The molecule has 0 atom stereocenters. The topological polar surface area (TPSA) is 106 Å². The second-order valence-corrected chi connectivity index (χ2v) is 6.61. The maximum absolute atomic E-state index is 12.1.